The molecule has 0 atom stereocenters. The molecule has 2 aromatic heterocycles. The zero-order valence-electron chi connectivity index (χ0n) is 11.1. The first kappa shape index (κ1) is 16.6. The van der Waals surface area contributed by atoms with E-state index in [0.717, 1.165) is 14.4 Å². The molecule has 2 aromatic rings. The van der Waals surface area contributed by atoms with Crippen LogP contribution in [0.3, 0.4) is 0 Å². The Bertz CT molecular complexity index is 737. The Labute approximate surface area is 139 Å². The zero-order chi connectivity index (χ0) is 15.5. The zero-order valence-corrected chi connectivity index (χ0v) is 15.2. The number of hydrogen-bond acceptors (Lipinski definition) is 6. The first-order chi connectivity index (χ1) is 9.91. The molecule has 0 radical (unpaired) electrons. The maximum absolute atomic E-state index is 11.9. The van der Waals surface area contributed by atoms with Gasteiger partial charge in [-0.1, -0.05) is 6.92 Å². The summed E-state index contributed by atoms with van der Waals surface area (Å²) >= 11 is 6.30. The fourth-order valence-corrected chi connectivity index (χ4v) is 4.48. The fraction of sp³-hybridized carbons (Fsp3) is 0.333. The number of carbonyl (C=O) groups excluding carboxylic acids is 1. The molecule has 0 aliphatic heterocycles. The largest absolute Gasteiger partial charge is 0.350 e. The molecule has 0 spiro atoms. The summed E-state index contributed by atoms with van der Waals surface area (Å²) < 4.78 is 23.7. The topological polar surface area (TPSA) is 76.1 Å². The van der Waals surface area contributed by atoms with E-state index < -0.39 is 9.84 Å². The first-order valence-electron chi connectivity index (χ1n) is 6.10. The molecule has 114 valence electrons. The summed E-state index contributed by atoms with van der Waals surface area (Å²) in [5.41, 5.74) is 0.313. The molecular formula is C12H13BrN2O3S3. The number of nitrogens with one attached hydrogen (secondary N) is 1. The van der Waals surface area contributed by atoms with Crippen molar-refractivity contribution in [3.63, 3.8) is 0 Å². The highest BCUT2D eigenvalue weighted by Crippen LogP contribution is 2.31. The molecule has 1 amide bonds. The average molecular weight is 409 g/mol. The van der Waals surface area contributed by atoms with Crippen LogP contribution in [-0.2, 0) is 9.84 Å². The Morgan fingerprint density at radius 1 is 1.38 bits per heavy atom. The number of hydrogen-bond donors (Lipinski definition) is 1. The lowest BCUT2D eigenvalue weighted by molar-refractivity contribution is 0.0952. The van der Waals surface area contributed by atoms with Gasteiger partial charge in [-0.25, -0.2) is 13.4 Å². The van der Waals surface area contributed by atoms with Crippen LogP contribution in [0.1, 0.15) is 17.4 Å². The van der Waals surface area contributed by atoms with E-state index in [9.17, 15) is 13.2 Å². The number of amides is 1. The molecule has 0 bridgehead atoms. The number of nitrogens with zero attached hydrogens (tertiary/aromatic N) is 1. The molecular weight excluding hydrogens is 396 g/mol. The minimum atomic E-state index is -3.07. The van der Waals surface area contributed by atoms with E-state index in [4.69, 9.17) is 0 Å². The third kappa shape index (κ3) is 4.60. The van der Waals surface area contributed by atoms with Crippen molar-refractivity contribution in [3.8, 4) is 9.88 Å². The van der Waals surface area contributed by atoms with E-state index in [2.05, 4.69) is 26.2 Å². The molecule has 0 aromatic carbocycles. The highest BCUT2D eigenvalue weighted by molar-refractivity contribution is 9.10. The van der Waals surface area contributed by atoms with E-state index in [1.165, 1.54) is 11.3 Å². The van der Waals surface area contributed by atoms with Crippen LogP contribution >= 0.6 is 38.6 Å². The van der Waals surface area contributed by atoms with Crippen molar-refractivity contribution in [2.45, 2.75) is 6.92 Å². The Kier molecular flexibility index (Phi) is 5.53. The van der Waals surface area contributed by atoms with E-state index in [1.54, 1.807) is 23.6 Å². The van der Waals surface area contributed by atoms with Gasteiger partial charge >= 0.3 is 0 Å². The van der Waals surface area contributed by atoms with E-state index in [-0.39, 0.29) is 24.0 Å². The highest BCUT2D eigenvalue weighted by atomic mass is 79.9. The molecule has 2 heterocycles. The van der Waals surface area contributed by atoms with Gasteiger partial charge in [-0.15, -0.1) is 22.7 Å². The van der Waals surface area contributed by atoms with Crippen LogP contribution in [0.15, 0.2) is 21.3 Å². The van der Waals surface area contributed by atoms with Crippen LogP contribution in [-0.4, -0.2) is 37.4 Å². The predicted molar refractivity (Wildman–Crippen MR) is 89.8 cm³/mol. The normalized spacial score (nSPS) is 11.5. The second-order valence-corrected chi connectivity index (χ2v) is 9.32. The highest BCUT2D eigenvalue weighted by Gasteiger charge is 2.14. The third-order valence-electron chi connectivity index (χ3n) is 2.65. The summed E-state index contributed by atoms with van der Waals surface area (Å²) in [5, 5.41) is 6.98. The molecule has 21 heavy (non-hydrogen) atoms. The van der Waals surface area contributed by atoms with Crippen LogP contribution in [0, 0.1) is 0 Å². The van der Waals surface area contributed by atoms with Crippen LogP contribution in [0.4, 0.5) is 0 Å². The van der Waals surface area contributed by atoms with Gasteiger partial charge in [0, 0.05) is 27.5 Å². The fourth-order valence-electron chi connectivity index (χ4n) is 1.47. The molecule has 0 aliphatic rings. The van der Waals surface area contributed by atoms with Crippen LogP contribution in [0.25, 0.3) is 9.88 Å². The van der Waals surface area contributed by atoms with E-state index >= 15 is 0 Å². The molecule has 5 nitrogen and oxygen atoms in total. The van der Waals surface area contributed by atoms with Crippen molar-refractivity contribution in [2.75, 3.05) is 18.1 Å². The molecule has 0 unspecified atom stereocenters. The first-order valence-corrected chi connectivity index (χ1v) is 10.5. The van der Waals surface area contributed by atoms with Gasteiger partial charge in [0.1, 0.15) is 10.7 Å². The van der Waals surface area contributed by atoms with Crippen molar-refractivity contribution < 1.29 is 13.2 Å². The van der Waals surface area contributed by atoms with Crippen molar-refractivity contribution in [2.24, 2.45) is 0 Å². The summed E-state index contributed by atoms with van der Waals surface area (Å²) in [6.45, 7) is 1.69. The van der Waals surface area contributed by atoms with Crippen molar-refractivity contribution >= 4 is 54.3 Å². The van der Waals surface area contributed by atoms with Crippen LogP contribution in [0.2, 0.25) is 0 Å². The molecule has 0 saturated carbocycles. The molecule has 0 aliphatic carbocycles. The summed E-state index contributed by atoms with van der Waals surface area (Å²) in [6.07, 6.45) is 0. The summed E-state index contributed by atoms with van der Waals surface area (Å²) in [6, 6.07) is 1.94. The Balaban J connectivity index is 1.96. The molecule has 0 saturated heterocycles. The van der Waals surface area contributed by atoms with Gasteiger partial charge in [0.05, 0.1) is 10.6 Å². The lowest BCUT2D eigenvalue weighted by atomic mass is 10.4. The van der Waals surface area contributed by atoms with E-state index in [0.29, 0.717) is 5.69 Å². The molecule has 2 rings (SSSR count). The summed E-state index contributed by atoms with van der Waals surface area (Å²) in [5.74, 6) is -0.319. The number of sulfone groups is 1. The Hall–Kier alpha value is -0.770. The maximum atomic E-state index is 11.9. The van der Waals surface area contributed by atoms with Crippen LogP contribution in [0.5, 0.6) is 0 Å². The maximum Gasteiger partial charge on any atom is 0.270 e. The monoisotopic (exact) mass is 408 g/mol. The van der Waals surface area contributed by atoms with Gasteiger partial charge in [0.25, 0.3) is 5.91 Å². The average Bonchev–Trinajstić information content (AvgIpc) is 3.07. The quantitative estimate of drug-likeness (QED) is 0.796. The SMILES string of the molecule is CCS(=O)(=O)CCNC(=O)c1csc(-c2cc(Br)cs2)n1. The van der Waals surface area contributed by atoms with Gasteiger partial charge in [0.2, 0.25) is 0 Å². The van der Waals surface area contributed by atoms with E-state index in [1.807, 2.05) is 11.4 Å². The van der Waals surface area contributed by atoms with Gasteiger partial charge in [-0.3, -0.25) is 4.79 Å². The second-order valence-electron chi connectivity index (χ2n) is 4.16. The van der Waals surface area contributed by atoms with Crippen molar-refractivity contribution in [1.29, 1.82) is 0 Å². The number of thiophene rings is 1. The lowest BCUT2D eigenvalue weighted by Gasteiger charge is -2.03. The standard InChI is InChI=1S/C12H13BrN2O3S3/c1-2-21(17,18)4-3-14-11(16)9-7-20-12(15-9)10-5-8(13)6-19-10/h5-7H,2-4H2,1H3,(H,14,16). The van der Waals surface area contributed by atoms with Crippen molar-refractivity contribution in [1.82, 2.24) is 10.3 Å². The number of thiazole rings is 1. The Morgan fingerprint density at radius 3 is 2.76 bits per heavy atom. The van der Waals surface area contributed by atoms with Crippen molar-refractivity contribution in [3.05, 3.63) is 27.0 Å². The lowest BCUT2D eigenvalue weighted by Crippen LogP contribution is -2.29. The number of aromatic nitrogens is 1. The molecule has 1 N–H and O–H groups in total. The van der Waals surface area contributed by atoms with Crippen LogP contribution < -0.4 is 5.32 Å². The number of carbonyl (C=O) groups is 1. The number of halogens is 1. The molecule has 0 fully saturated rings. The summed E-state index contributed by atoms with van der Waals surface area (Å²) in [4.78, 5) is 17.2. The second kappa shape index (κ2) is 6.99. The predicted octanol–water partition coefficient (Wildman–Crippen LogP) is 2.80. The van der Waals surface area contributed by atoms with Gasteiger partial charge in [-0.05, 0) is 22.0 Å². The minimum Gasteiger partial charge on any atom is -0.350 e. The smallest absolute Gasteiger partial charge is 0.270 e. The Morgan fingerprint density at radius 2 is 2.14 bits per heavy atom. The third-order valence-corrected chi connectivity index (χ3v) is 7.06. The molecule has 9 heteroatoms. The number of rotatable bonds is 6. The minimum absolute atomic E-state index is 0.0515. The van der Waals surface area contributed by atoms with Gasteiger partial charge in [-0.2, -0.15) is 0 Å². The van der Waals surface area contributed by atoms with Gasteiger partial charge in [0.15, 0.2) is 9.84 Å². The van der Waals surface area contributed by atoms with Gasteiger partial charge < -0.3 is 5.32 Å². The summed E-state index contributed by atoms with van der Waals surface area (Å²) in [7, 11) is -3.07.